The Morgan fingerprint density at radius 2 is 1.92 bits per heavy atom. The molecule has 1 rings (SSSR count). The lowest BCUT2D eigenvalue weighted by atomic mass is 10.3. The molecule has 0 aliphatic rings. The zero-order chi connectivity index (χ0) is 10.1. The topological polar surface area (TPSA) is 25.5 Å². The lowest BCUT2D eigenvalue weighted by molar-refractivity contribution is -0.876. The molecule has 13 heavy (non-hydrogen) atoms. The Kier molecular flexibility index (Phi) is 2.57. The maximum atomic E-state index is 5.45. The van der Waals surface area contributed by atoms with Gasteiger partial charge in [0.05, 0.1) is 21.1 Å². The highest BCUT2D eigenvalue weighted by Crippen LogP contribution is 2.11. The van der Waals surface area contributed by atoms with Gasteiger partial charge in [0.2, 0.25) is 0 Å². The van der Waals surface area contributed by atoms with E-state index >= 15 is 0 Å². The van der Waals surface area contributed by atoms with Crippen LogP contribution in [0.3, 0.4) is 0 Å². The first-order valence-corrected chi connectivity index (χ1v) is 4.32. The third kappa shape index (κ3) is 3.03. The molecule has 0 aromatic carbocycles. The third-order valence-electron chi connectivity index (χ3n) is 1.72. The van der Waals surface area contributed by atoms with Crippen molar-refractivity contribution in [2.45, 2.75) is 13.8 Å². The van der Waals surface area contributed by atoms with E-state index < -0.39 is 0 Å². The van der Waals surface area contributed by atoms with Gasteiger partial charge < -0.3 is 4.42 Å². The molecule has 0 aliphatic heterocycles. The predicted molar refractivity (Wildman–Crippen MR) is 53.8 cm³/mol. The number of aryl methyl sites for hydroxylation is 2. The third-order valence-corrected chi connectivity index (χ3v) is 1.72. The molecule has 1 aromatic heterocycles. The van der Waals surface area contributed by atoms with Gasteiger partial charge in [0.1, 0.15) is 12.0 Å². The van der Waals surface area contributed by atoms with Crippen LogP contribution < -0.4 is 0 Å². The summed E-state index contributed by atoms with van der Waals surface area (Å²) in [6.07, 6.45) is 1.76. The summed E-state index contributed by atoms with van der Waals surface area (Å²) in [7, 11) is 6.00. The second-order valence-corrected chi connectivity index (χ2v) is 4.07. The SMILES string of the molecule is Cc1cc(/C=N/[N+](C)(C)C)oc1C. The van der Waals surface area contributed by atoms with Crippen LogP contribution in [0.15, 0.2) is 15.6 Å². The van der Waals surface area contributed by atoms with Gasteiger partial charge in [0, 0.05) is 0 Å². The summed E-state index contributed by atoms with van der Waals surface area (Å²) in [4.78, 5) is 0. The Hall–Kier alpha value is -1.09. The summed E-state index contributed by atoms with van der Waals surface area (Å²) in [6, 6.07) is 1.99. The van der Waals surface area contributed by atoms with Crippen LogP contribution in [0.25, 0.3) is 0 Å². The first-order chi connectivity index (χ1) is 5.88. The number of hydrogen-bond acceptors (Lipinski definition) is 2. The van der Waals surface area contributed by atoms with Crippen molar-refractivity contribution in [2.75, 3.05) is 21.1 Å². The summed E-state index contributed by atoms with van der Waals surface area (Å²) < 4.78 is 6.00. The molecule has 0 saturated heterocycles. The van der Waals surface area contributed by atoms with Crippen molar-refractivity contribution in [2.24, 2.45) is 5.10 Å². The lowest BCUT2D eigenvalue weighted by Gasteiger charge is -2.13. The highest BCUT2D eigenvalue weighted by atomic mass is 16.3. The highest BCUT2D eigenvalue weighted by molar-refractivity contribution is 5.75. The number of hydrogen-bond donors (Lipinski definition) is 0. The highest BCUT2D eigenvalue weighted by Gasteiger charge is 2.04. The van der Waals surface area contributed by atoms with Crippen LogP contribution in [-0.4, -0.2) is 31.9 Å². The zero-order valence-electron chi connectivity index (χ0n) is 8.96. The summed E-state index contributed by atoms with van der Waals surface area (Å²) in [5.74, 6) is 1.78. The normalized spacial score (nSPS) is 12.7. The molecular formula is C10H17N2O+. The molecular weight excluding hydrogens is 164 g/mol. The Morgan fingerprint density at radius 3 is 2.31 bits per heavy atom. The van der Waals surface area contributed by atoms with Crippen LogP contribution in [0, 0.1) is 13.8 Å². The van der Waals surface area contributed by atoms with Crippen LogP contribution in [-0.2, 0) is 0 Å². The molecule has 0 atom stereocenters. The van der Waals surface area contributed by atoms with Crippen molar-refractivity contribution < 1.29 is 9.01 Å². The molecule has 0 spiro atoms. The minimum atomic E-state index is 0.554. The molecule has 0 unspecified atom stereocenters. The summed E-state index contributed by atoms with van der Waals surface area (Å²) in [6.45, 7) is 3.99. The smallest absolute Gasteiger partial charge is 0.150 e. The minimum absolute atomic E-state index is 0.554. The fraction of sp³-hybridized carbons (Fsp3) is 0.500. The maximum absolute atomic E-state index is 5.45. The zero-order valence-corrected chi connectivity index (χ0v) is 8.96. The number of nitrogens with zero attached hydrogens (tertiary/aromatic N) is 2. The summed E-state index contributed by atoms with van der Waals surface area (Å²) in [5, 5.41) is 4.30. The predicted octanol–water partition coefficient (Wildman–Crippen LogP) is 1.94. The van der Waals surface area contributed by atoms with Gasteiger partial charge in [-0.3, -0.25) is 0 Å². The van der Waals surface area contributed by atoms with Gasteiger partial charge in [-0.15, -0.1) is 0 Å². The van der Waals surface area contributed by atoms with Gasteiger partial charge in [-0.25, -0.2) is 4.59 Å². The van der Waals surface area contributed by atoms with Gasteiger partial charge in [-0.1, -0.05) is 5.10 Å². The van der Waals surface area contributed by atoms with Crippen LogP contribution in [0.4, 0.5) is 0 Å². The molecule has 0 bridgehead atoms. The fourth-order valence-corrected chi connectivity index (χ4v) is 0.895. The molecule has 1 heterocycles. The van der Waals surface area contributed by atoms with Crippen LogP contribution in [0.1, 0.15) is 17.1 Å². The quantitative estimate of drug-likeness (QED) is 0.389. The molecule has 0 N–H and O–H groups in total. The molecule has 0 amide bonds. The molecule has 0 radical (unpaired) electrons. The molecule has 72 valence electrons. The molecule has 0 fully saturated rings. The van der Waals surface area contributed by atoms with Crippen LogP contribution in [0.2, 0.25) is 0 Å². The number of furan rings is 1. The average molecular weight is 181 g/mol. The Labute approximate surface area is 79.3 Å². The van der Waals surface area contributed by atoms with E-state index in [9.17, 15) is 0 Å². The van der Waals surface area contributed by atoms with Crippen LogP contribution >= 0.6 is 0 Å². The van der Waals surface area contributed by atoms with Crippen molar-refractivity contribution in [3.8, 4) is 0 Å². The fourth-order valence-electron chi connectivity index (χ4n) is 0.895. The van der Waals surface area contributed by atoms with Crippen molar-refractivity contribution in [3.63, 3.8) is 0 Å². The largest absolute Gasteiger partial charge is 0.460 e. The van der Waals surface area contributed by atoms with Crippen molar-refractivity contribution >= 4 is 6.21 Å². The van der Waals surface area contributed by atoms with Crippen LogP contribution in [0.5, 0.6) is 0 Å². The maximum Gasteiger partial charge on any atom is 0.150 e. The first kappa shape index (κ1) is 9.99. The molecule has 3 heteroatoms. The monoisotopic (exact) mass is 181 g/mol. The van der Waals surface area contributed by atoms with Gasteiger partial charge >= 0.3 is 0 Å². The lowest BCUT2D eigenvalue weighted by Crippen LogP contribution is -2.27. The van der Waals surface area contributed by atoms with Gasteiger partial charge in [0.15, 0.2) is 5.76 Å². The van der Waals surface area contributed by atoms with Gasteiger partial charge in [0.25, 0.3) is 0 Å². The van der Waals surface area contributed by atoms with E-state index in [2.05, 4.69) is 5.10 Å². The first-order valence-electron chi connectivity index (χ1n) is 4.32. The van der Waals surface area contributed by atoms with Crippen molar-refractivity contribution in [3.05, 3.63) is 23.2 Å². The second-order valence-electron chi connectivity index (χ2n) is 4.07. The summed E-state index contributed by atoms with van der Waals surface area (Å²) in [5.41, 5.74) is 1.17. The summed E-state index contributed by atoms with van der Waals surface area (Å²) >= 11 is 0. The van der Waals surface area contributed by atoms with E-state index in [0.717, 1.165) is 11.5 Å². The molecule has 3 nitrogen and oxygen atoms in total. The standard InChI is InChI=1S/C10H17N2O/c1-8-6-10(13-9(8)2)7-11-12(3,4)5/h6-7H,1-5H3/q+1/b11-7+. The molecule has 1 aromatic rings. The van der Waals surface area contributed by atoms with E-state index in [1.807, 2.05) is 41.1 Å². The van der Waals surface area contributed by atoms with E-state index in [1.54, 1.807) is 6.21 Å². The van der Waals surface area contributed by atoms with E-state index in [1.165, 1.54) is 5.56 Å². The number of quaternary nitrogens is 1. The Morgan fingerprint density at radius 1 is 1.31 bits per heavy atom. The average Bonchev–Trinajstić information content (AvgIpc) is 2.27. The number of rotatable bonds is 2. The Balaban J connectivity index is 2.81. The minimum Gasteiger partial charge on any atom is -0.460 e. The van der Waals surface area contributed by atoms with Gasteiger partial charge in [-0.2, -0.15) is 0 Å². The van der Waals surface area contributed by atoms with Crippen molar-refractivity contribution in [1.82, 2.24) is 0 Å². The molecule has 0 saturated carbocycles. The van der Waals surface area contributed by atoms with E-state index in [-0.39, 0.29) is 0 Å². The Bertz CT molecular complexity index is 299. The van der Waals surface area contributed by atoms with Gasteiger partial charge in [-0.05, 0) is 25.5 Å². The van der Waals surface area contributed by atoms with Crippen molar-refractivity contribution in [1.29, 1.82) is 0 Å². The second kappa shape index (κ2) is 3.34. The molecule has 0 aliphatic carbocycles. The van der Waals surface area contributed by atoms with E-state index in [4.69, 9.17) is 4.42 Å². The van der Waals surface area contributed by atoms with E-state index in [0.29, 0.717) is 4.59 Å².